The summed E-state index contributed by atoms with van der Waals surface area (Å²) in [6.07, 6.45) is 5.21. The van der Waals surface area contributed by atoms with Gasteiger partial charge in [0.05, 0.1) is 6.04 Å². The number of hydrogen-bond donors (Lipinski definition) is 0. The Kier molecular flexibility index (Phi) is 7.43. The number of piperazine rings is 2. The molecule has 3 rings (SSSR count). The molecule has 0 radical (unpaired) electrons. The summed E-state index contributed by atoms with van der Waals surface area (Å²) in [5.74, 6) is 0.969. The molecule has 0 bridgehead atoms. The molecule has 0 spiro atoms. The van der Waals surface area contributed by atoms with Crippen LogP contribution in [0, 0.1) is 11.3 Å². The monoisotopic (exact) mass is 420 g/mol. The van der Waals surface area contributed by atoms with Gasteiger partial charge in [-0.15, -0.1) is 0 Å². The predicted octanol–water partition coefficient (Wildman–Crippen LogP) is 1.82. The Labute approximate surface area is 181 Å². The lowest BCUT2D eigenvalue weighted by Crippen LogP contribution is -2.60. The molecular formula is C23H40N4O3. The quantitative estimate of drug-likeness (QED) is 0.696. The molecule has 7 nitrogen and oxygen atoms in total. The van der Waals surface area contributed by atoms with Crippen molar-refractivity contribution in [2.24, 2.45) is 11.3 Å². The van der Waals surface area contributed by atoms with Gasteiger partial charge < -0.3 is 14.7 Å². The number of nitrogens with zero attached hydrogens (tertiary/aromatic N) is 4. The fourth-order valence-electron chi connectivity index (χ4n) is 5.17. The van der Waals surface area contributed by atoms with Crippen molar-refractivity contribution >= 4 is 17.7 Å². The first-order chi connectivity index (χ1) is 14.2. The Bertz CT molecular complexity index is 623. The number of amides is 3. The maximum atomic E-state index is 13.6. The Morgan fingerprint density at radius 3 is 1.80 bits per heavy atom. The molecule has 170 valence electrons. The standard InChI is InChI=1S/C23H40N4O3/c1-18(28)24-9-15-27(16-10-24)22(30)21(19-7-5-6-8-19)26-13-11-25(12-14-26)20(29)17-23(2,3)4/h19,21H,5-17H2,1-4H3. The molecule has 1 aliphatic carbocycles. The highest BCUT2D eigenvalue weighted by atomic mass is 16.2. The molecule has 1 saturated carbocycles. The highest BCUT2D eigenvalue weighted by Crippen LogP contribution is 2.32. The van der Waals surface area contributed by atoms with Gasteiger partial charge in [-0.05, 0) is 24.2 Å². The van der Waals surface area contributed by atoms with Gasteiger partial charge in [0.25, 0.3) is 0 Å². The van der Waals surface area contributed by atoms with Crippen LogP contribution < -0.4 is 0 Å². The van der Waals surface area contributed by atoms with Gasteiger partial charge in [0, 0.05) is 65.7 Å². The van der Waals surface area contributed by atoms with E-state index in [0.717, 1.165) is 25.9 Å². The zero-order valence-electron chi connectivity index (χ0n) is 19.4. The number of hydrogen-bond acceptors (Lipinski definition) is 4. The van der Waals surface area contributed by atoms with Gasteiger partial charge in [0.15, 0.2) is 0 Å². The molecule has 0 aromatic heterocycles. The minimum atomic E-state index is -0.0729. The molecule has 3 aliphatic rings. The molecule has 30 heavy (non-hydrogen) atoms. The molecule has 7 heteroatoms. The van der Waals surface area contributed by atoms with Crippen molar-refractivity contribution < 1.29 is 14.4 Å². The molecule has 0 aromatic rings. The molecule has 0 N–H and O–H groups in total. The van der Waals surface area contributed by atoms with Crippen molar-refractivity contribution in [3.63, 3.8) is 0 Å². The van der Waals surface area contributed by atoms with Crippen LogP contribution in [0.2, 0.25) is 0 Å². The average Bonchev–Trinajstić information content (AvgIpc) is 3.21. The van der Waals surface area contributed by atoms with E-state index < -0.39 is 0 Å². The lowest BCUT2D eigenvalue weighted by atomic mass is 9.91. The van der Waals surface area contributed by atoms with E-state index >= 15 is 0 Å². The van der Waals surface area contributed by atoms with Gasteiger partial charge in [-0.1, -0.05) is 33.6 Å². The molecule has 3 fully saturated rings. The minimum Gasteiger partial charge on any atom is -0.340 e. The average molecular weight is 421 g/mol. The van der Waals surface area contributed by atoms with Crippen LogP contribution in [-0.4, -0.2) is 95.7 Å². The van der Waals surface area contributed by atoms with Crippen LogP contribution in [0.1, 0.15) is 59.8 Å². The number of rotatable bonds is 4. The summed E-state index contributed by atoms with van der Waals surface area (Å²) in [6.45, 7) is 13.4. The van der Waals surface area contributed by atoms with Crippen LogP contribution in [0.15, 0.2) is 0 Å². The SMILES string of the molecule is CC(=O)N1CCN(C(=O)C(C2CCCC2)N2CCN(C(=O)CC(C)(C)C)CC2)CC1. The highest BCUT2D eigenvalue weighted by molar-refractivity contribution is 5.83. The summed E-state index contributed by atoms with van der Waals surface area (Å²) >= 11 is 0. The largest absolute Gasteiger partial charge is 0.340 e. The fraction of sp³-hybridized carbons (Fsp3) is 0.870. The summed E-state index contributed by atoms with van der Waals surface area (Å²) in [4.78, 5) is 45.9. The topological polar surface area (TPSA) is 64.2 Å². The zero-order chi connectivity index (χ0) is 21.9. The van der Waals surface area contributed by atoms with E-state index in [9.17, 15) is 14.4 Å². The van der Waals surface area contributed by atoms with Crippen molar-refractivity contribution in [2.75, 3.05) is 52.4 Å². The van der Waals surface area contributed by atoms with Crippen LogP contribution >= 0.6 is 0 Å². The third-order valence-corrected chi connectivity index (χ3v) is 6.88. The predicted molar refractivity (Wildman–Crippen MR) is 117 cm³/mol. The lowest BCUT2D eigenvalue weighted by molar-refractivity contribution is -0.146. The Hall–Kier alpha value is -1.63. The summed E-state index contributed by atoms with van der Waals surface area (Å²) in [5.41, 5.74) is -0.00141. The lowest BCUT2D eigenvalue weighted by Gasteiger charge is -2.44. The number of carbonyl (C=O) groups is 3. The summed E-state index contributed by atoms with van der Waals surface area (Å²) in [7, 11) is 0. The van der Waals surface area contributed by atoms with E-state index in [1.54, 1.807) is 6.92 Å². The van der Waals surface area contributed by atoms with Crippen molar-refractivity contribution in [3.8, 4) is 0 Å². The van der Waals surface area contributed by atoms with Crippen LogP contribution in [-0.2, 0) is 14.4 Å². The van der Waals surface area contributed by atoms with Crippen molar-refractivity contribution in [3.05, 3.63) is 0 Å². The maximum Gasteiger partial charge on any atom is 0.240 e. The molecule has 3 amide bonds. The fourth-order valence-corrected chi connectivity index (χ4v) is 5.17. The first-order valence-corrected chi connectivity index (χ1v) is 11.7. The van der Waals surface area contributed by atoms with Gasteiger partial charge in [-0.3, -0.25) is 19.3 Å². The molecule has 0 aromatic carbocycles. The van der Waals surface area contributed by atoms with E-state index in [-0.39, 0.29) is 29.2 Å². The first kappa shape index (κ1) is 23.0. The number of carbonyl (C=O) groups excluding carboxylic acids is 3. The summed E-state index contributed by atoms with van der Waals surface area (Å²) in [6, 6.07) is -0.0729. The van der Waals surface area contributed by atoms with Crippen molar-refractivity contribution in [2.45, 2.75) is 65.8 Å². The third-order valence-electron chi connectivity index (χ3n) is 6.88. The highest BCUT2D eigenvalue weighted by Gasteiger charge is 2.40. The molecule has 1 atom stereocenters. The molecular weight excluding hydrogens is 380 g/mol. The molecule has 2 saturated heterocycles. The van der Waals surface area contributed by atoms with Crippen molar-refractivity contribution in [1.29, 1.82) is 0 Å². The smallest absolute Gasteiger partial charge is 0.240 e. The van der Waals surface area contributed by atoms with Gasteiger partial charge in [-0.25, -0.2) is 0 Å². The molecule has 2 aliphatic heterocycles. The van der Waals surface area contributed by atoms with E-state index in [1.165, 1.54) is 12.8 Å². The van der Waals surface area contributed by atoms with E-state index in [1.807, 2.05) is 14.7 Å². The second-order valence-corrected chi connectivity index (χ2v) is 10.5. The minimum absolute atomic E-state index is 0.00141. The Balaban J connectivity index is 1.62. The zero-order valence-corrected chi connectivity index (χ0v) is 19.4. The Morgan fingerprint density at radius 2 is 1.30 bits per heavy atom. The van der Waals surface area contributed by atoms with Crippen LogP contribution in [0.5, 0.6) is 0 Å². The van der Waals surface area contributed by atoms with Gasteiger partial charge >= 0.3 is 0 Å². The molecule has 1 unspecified atom stereocenters. The second kappa shape index (κ2) is 9.67. The third kappa shape index (κ3) is 5.74. The van der Waals surface area contributed by atoms with Gasteiger partial charge in [-0.2, -0.15) is 0 Å². The maximum absolute atomic E-state index is 13.6. The van der Waals surface area contributed by atoms with E-state index in [0.29, 0.717) is 51.6 Å². The van der Waals surface area contributed by atoms with E-state index in [2.05, 4.69) is 25.7 Å². The van der Waals surface area contributed by atoms with E-state index in [4.69, 9.17) is 0 Å². The van der Waals surface area contributed by atoms with Gasteiger partial charge in [0.1, 0.15) is 0 Å². The van der Waals surface area contributed by atoms with Crippen molar-refractivity contribution in [1.82, 2.24) is 19.6 Å². The van der Waals surface area contributed by atoms with Gasteiger partial charge in [0.2, 0.25) is 17.7 Å². The van der Waals surface area contributed by atoms with Crippen LogP contribution in [0.4, 0.5) is 0 Å². The normalized spacial score (nSPS) is 23.0. The van der Waals surface area contributed by atoms with Crippen LogP contribution in [0.25, 0.3) is 0 Å². The second-order valence-electron chi connectivity index (χ2n) is 10.5. The molecule has 2 heterocycles. The Morgan fingerprint density at radius 1 is 0.800 bits per heavy atom. The van der Waals surface area contributed by atoms with Crippen LogP contribution in [0.3, 0.4) is 0 Å². The summed E-state index contributed by atoms with van der Waals surface area (Å²) < 4.78 is 0. The first-order valence-electron chi connectivity index (χ1n) is 11.7. The summed E-state index contributed by atoms with van der Waals surface area (Å²) in [5, 5.41) is 0.